The summed E-state index contributed by atoms with van der Waals surface area (Å²) in [4.78, 5) is 25.7. The molecule has 0 aromatic heterocycles. The average Bonchev–Trinajstić information content (AvgIpc) is 3.19. The zero-order valence-corrected chi connectivity index (χ0v) is 30.6. The molecule has 53 heavy (non-hydrogen) atoms. The molecule has 10 nitrogen and oxygen atoms in total. The van der Waals surface area contributed by atoms with E-state index >= 15 is 0 Å². The predicted molar refractivity (Wildman–Crippen MR) is 201 cm³/mol. The summed E-state index contributed by atoms with van der Waals surface area (Å²) in [5.41, 5.74) is 8.41. The SMILES string of the molecule is COc1cc2c(cc1OC)CN(C[C@H]1C[C@@H](c3ccc(CO)cc3)O[C@@H](c3ccc(-c4ccccc4CNC(=O)CCCCCC(=O)O)cc3)O1)CC2. The summed E-state index contributed by atoms with van der Waals surface area (Å²) in [5, 5.41) is 21.5. The first-order chi connectivity index (χ1) is 25.8. The monoisotopic (exact) mass is 722 g/mol. The molecule has 1 fully saturated rings. The third-order valence-corrected chi connectivity index (χ3v) is 10.2. The molecule has 4 aromatic carbocycles. The Morgan fingerprint density at radius 1 is 0.849 bits per heavy atom. The van der Waals surface area contributed by atoms with E-state index in [1.807, 2.05) is 42.5 Å². The first kappa shape index (κ1) is 38.0. The summed E-state index contributed by atoms with van der Waals surface area (Å²) in [6, 6.07) is 28.4. The number of unbranched alkanes of at least 4 members (excludes halogenated alkanes) is 2. The number of rotatable bonds is 16. The predicted octanol–water partition coefficient (Wildman–Crippen LogP) is 7.12. The van der Waals surface area contributed by atoms with Gasteiger partial charge < -0.3 is 34.5 Å². The fourth-order valence-corrected chi connectivity index (χ4v) is 7.22. The van der Waals surface area contributed by atoms with Crippen molar-refractivity contribution in [3.63, 3.8) is 0 Å². The second kappa shape index (κ2) is 18.3. The van der Waals surface area contributed by atoms with Gasteiger partial charge in [0, 0.05) is 51.0 Å². The third kappa shape index (κ3) is 10.0. The largest absolute Gasteiger partial charge is 0.493 e. The Kier molecular flexibility index (Phi) is 13.1. The van der Waals surface area contributed by atoms with Crippen LogP contribution >= 0.6 is 0 Å². The van der Waals surface area contributed by atoms with Crippen LogP contribution < -0.4 is 14.8 Å². The summed E-state index contributed by atoms with van der Waals surface area (Å²) in [6.07, 6.45) is 3.24. The molecule has 6 rings (SSSR count). The van der Waals surface area contributed by atoms with Crippen molar-refractivity contribution >= 4 is 11.9 Å². The van der Waals surface area contributed by atoms with E-state index in [0.717, 1.165) is 70.9 Å². The van der Waals surface area contributed by atoms with Gasteiger partial charge in [-0.05, 0) is 70.3 Å². The number of amides is 1. The highest BCUT2D eigenvalue weighted by atomic mass is 16.7. The van der Waals surface area contributed by atoms with Gasteiger partial charge in [-0.1, -0.05) is 79.2 Å². The molecule has 2 heterocycles. The summed E-state index contributed by atoms with van der Waals surface area (Å²) in [5.74, 6) is 0.644. The first-order valence-electron chi connectivity index (χ1n) is 18.5. The number of carbonyl (C=O) groups excluding carboxylic acids is 1. The van der Waals surface area contributed by atoms with Gasteiger partial charge in [0.1, 0.15) is 0 Å². The van der Waals surface area contributed by atoms with E-state index in [1.165, 1.54) is 11.1 Å². The van der Waals surface area contributed by atoms with Crippen molar-refractivity contribution in [2.45, 2.75) is 83.1 Å². The number of aliphatic hydroxyl groups is 1. The highest BCUT2D eigenvalue weighted by Crippen LogP contribution is 2.40. The third-order valence-electron chi connectivity index (χ3n) is 10.2. The fraction of sp³-hybridized carbons (Fsp3) is 0.395. The van der Waals surface area contributed by atoms with Crippen LogP contribution in [0.3, 0.4) is 0 Å². The fourth-order valence-electron chi connectivity index (χ4n) is 7.22. The van der Waals surface area contributed by atoms with Crippen LogP contribution in [0.15, 0.2) is 84.9 Å². The molecule has 3 N–H and O–H groups in total. The van der Waals surface area contributed by atoms with E-state index in [9.17, 15) is 14.7 Å². The van der Waals surface area contributed by atoms with Gasteiger partial charge in [-0.2, -0.15) is 0 Å². The number of aliphatic hydroxyl groups excluding tert-OH is 1. The second-order valence-electron chi connectivity index (χ2n) is 13.8. The number of hydrogen-bond acceptors (Lipinski definition) is 8. The van der Waals surface area contributed by atoms with Gasteiger partial charge >= 0.3 is 5.97 Å². The molecule has 0 saturated carbocycles. The van der Waals surface area contributed by atoms with Crippen LogP contribution in [-0.4, -0.2) is 60.4 Å². The van der Waals surface area contributed by atoms with E-state index in [1.54, 1.807) is 14.2 Å². The maximum atomic E-state index is 12.5. The molecule has 0 bridgehead atoms. The first-order valence-corrected chi connectivity index (χ1v) is 18.5. The molecule has 0 spiro atoms. The maximum absolute atomic E-state index is 12.5. The molecule has 1 saturated heterocycles. The highest BCUT2D eigenvalue weighted by Gasteiger charge is 2.34. The normalized spacial score (nSPS) is 18.6. The lowest BCUT2D eigenvalue weighted by Crippen LogP contribution is -2.41. The molecule has 3 atom stereocenters. The lowest BCUT2D eigenvalue weighted by Gasteiger charge is -2.39. The van der Waals surface area contributed by atoms with Crippen molar-refractivity contribution in [2.24, 2.45) is 0 Å². The lowest BCUT2D eigenvalue weighted by molar-refractivity contribution is -0.253. The number of nitrogens with zero attached hydrogens (tertiary/aromatic N) is 1. The molecule has 2 aliphatic heterocycles. The Bertz CT molecular complexity index is 1830. The Hall–Kier alpha value is -4.74. The van der Waals surface area contributed by atoms with Gasteiger partial charge in [-0.3, -0.25) is 14.5 Å². The number of aliphatic carboxylic acids is 1. The Labute approximate surface area is 311 Å². The molecule has 2 aliphatic rings. The minimum absolute atomic E-state index is 0.00864. The van der Waals surface area contributed by atoms with Crippen molar-refractivity contribution in [1.82, 2.24) is 10.2 Å². The van der Waals surface area contributed by atoms with Crippen LogP contribution in [0.1, 0.15) is 84.3 Å². The summed E-state index contributed by atoms with van der Waals surface area (Å²) in [6.45, 7) is 2.84. The van der Waals surface area contributed by atoms with Crippen LogP contribution in [0.2, 0.25) is 0 Å². The molecule has 1 amide bonds. The molecular weight excluding hydrogens is 672 g/mol. The zero-order valence-electron chi connectivity index (χ0n) is 30.6. The number of carboxylic acids is 1. The molecular formula is C43H50N2O8. The number of carboxylic acid groups (broad SMARTS) is 1. The number of hydrogen-bond donors (Lipinski definition) is 3. The van der Waals surface area contributed by atoms with E-state index < -0.39 is 12.3 Å². The smallest absolute Gasteiger partial charge is 0.303 e. The summed E-state index contributed by atoms with van der Waals surface area (Å²) < 4.78 is 24.5. The van der Waals surface area contributed by atoms with Crippen molar-refractivity contribution in [1.29, 1.82) is 0 Å². The molecule has 0 unspecified atom stereocenters. The van der Waals surface area contributed by atoms with Gasteiger partial charge in [-0.25, -0.2) is 0 Å². The van der Waals surface area contributed by atoms with Gasteiger partial charge in [0.25, 0.3) is 0 Å². The number of methoxy groups -OCH3 is 2. The summed E-state index contributed by atoms with van der Waals surface area (Å²) in [7, 11) is 3.33. The van der Waals surface area contributed by atoms with Crippen LogP contribution in [0.25, 0.3) is 11.1 Å². The molecule has 0 radical (unpaired) electrons. The average molecular weight is 723 g/mol. The van der Waals surface area contributed by atoms with Crippen molar-refractivity contribution < 1.29 is 38.7 Å². The zero-order chi connectivity index (χ0) is 37.2. The molecule has 10 heteroatoms. The van der Waals surface area contributed by atoms with E-state index in [4.69, 9.17) is 24.1 Å². The van der Waals surface area contributed by atoms with Gasteiger partial charge in [0.2, 0.25) is 5.91 Å². The summed E-state index contributed by atoms with van der Waals surface area (Å²) >= 11 is 0. The van der Waals surface area contributed by atoms with E-state index in [2.05, 4.69) is 52.7 Å². The second-order valence-corrected chi connectivity index (χ2v) is 13.8. The van der Waals surface area contributed by atoms with Gasteiger partial charge in [-0.15, -0.1) is 0 Å². The van der Waals surface area contributed by atoms with Crippen LogP contribution in [0.5, 0.6) is 11.5 Å². The minimum Gasteiger partial charge on any atom is -0.493 e. The quantitative estimate of drug-likeness (QED) is 0.104. The Balaban J connectivity index is 1.14. The number of carbonyl (C=O) groups is 2. The topological polar surface area (TPSA) is 127 Å². The Morgan fingerprint density at radius 2 is 1.55 bits per heavy atom. The van der Waals surface area contributed by atoms with Crippen molar-refractivity contribution in [3.8, 4) is 22.6 Å². The van der Waals surface area contributed by atoms with E-state index in [-0.39, 0.29) is 31.1 Å². The van der Waals surface area contributed by atoms with Gasteiger partial charge in [0.05, 0.1) is 33.0 Å². The van der Waals surface area contributed by atoms with E-state index in [0.29, 0.717) is 38.6 Å². The molecule has 0 aliphatic carbocycles. The number of nitrogens with one attached hydrogen (secondary N) is 1. The van der Waals surface area contributed by atoms with Gasteiger partial charge in [0.15, 0.2) is 17.8 Å². The molecule has 280 valence electrons. The minimum atomic E-state index is -0.805. The number of benzene rings is 4. The maximum Gasteiger partial charge on any atom is 0.303 e. The standard InChI is InChI=1S/C43H50N2O8/c1-50-39-22-33-20-21-45(26-35(33)23-40(39)51-2)27-36-24-38(31-14-12-29(28-46)13-15-31)53-43(52-36)32-18-16-30(17-19-32)37-9-7-6-8-34(37)25-44-41(47)10-4-3-5-11-42(48)49/h6-9,12-19,22-23,36,38,43,46H,3-5,10-11,20-21,24-28H2,1-2H3,(H,44,47)(H,48,49)/t36-,38+,43+/m1/s1. The number of ether oxygens (including phenoxy) is 4. The van der Waals surface area contributed by atoms with Crippen LogP contribution in [0.4, 0.5) is 0 Å². The lowest BCUT2D eigenvalue weighted by atomic mass is 9.96. The van der Waals surface area contributed by atoms with Crippen LogP contribution in [0, 0.1) is 0 Å². The molecule has 4 aromatic rings. The van der Waals surface area contributed by atoms with Crippen molar-refractivity contribution in [2.75, 3.05) is 27.3 Å². The van der Waals surface area contributed by atoms with Crippen LogP contribution in [-0.2, 0) is 45.2 Å². The van der Waals surface area contributed by atoms with Crippen molar-refractivity contribution in [3.05, 3.63) is 118 Å². The number of fused-ring (bicyclic) bond motifs is 1. The Morgan fingerprint density at radius 3 is 2.26 bits per heavy atom. The highest BCUT2D eigenvalue weighted by molar-refractivity contribution is 5.76.